The Kier molecular flexibility index (Phi) is 4.11. The van der Waals surface area contributed by atoms with E-state index in [0.29, 0.717) is 0 Å². The molecule has 0 spiro atoms. The van der Waals surface area contributed by atoms with Gasteiger partial charge in [0.2, 0.25) is 0 Å². The van der Waals surface area contributed by atoms with Crippen LogP contribution in [-0.2, 0) is 6.42 Å². The summed E-state index contributed by atoms with van der Waals surface area (Å²) in [6.45, 7) is 4.57. The highest BCUT2D eigenvalue weighted by Crippen LogP contribution is 2.44. The van der Waals surface area contributed by atoms with Crippen LogP contribution in [0.4, 0.5) is 0 Å². The van der Waals surface area contributed by atoms with Crippen LogP contribution in [0.2, 0.25) is 0 Å². The Labute approximate surface area is 140 Å². The maximum Gasteiger partial charge on any atom is 0.0215 e. The predicted molar refractivity (Wildman–Crippen MR) is 97.1 cm³/mol. The molecule has 0 aromatic heterocycles. The van der Waals surface area contributed by atoms with Crippen molar-refractivity contribution >= 4 is 0 Å². The van der Waals surface area contributed by atoms with Crippen molar-refractivity contribution in [2.75, 3.05) is 13.1 Å². The molecule has 0 N–H and O–H groups in total. The summed E-state index contributed by atoms with van der Waals surface area (Å²) in [5.41, 5.74) is 4.46. The van der Waals surface area contributed by atoms with E-state index in [0.717, 1.165) is 24.2 Å². The van der Waals surface area contributed by atoms with Crippen LogP contribution in [0.3, 0.4) is 0 Å². The molecule has 1 heteroatoms. The number of benzene rings is 1. The standard InChI is InChI=1S/C22H27N/c1-17-8-10-18(11-9-17)14-16-23-15-4-7-21-20-6-3-2-5-19(20)12-13-22(21)23/h2-3,5-6,8-11,13,19-21H,4,7,12,14-16H2,1H3/t19-,20-,21-/m0/s1. The van der Waals surface area contributed by atoms with Gasteiger partial charge in [-0.15, -0.1) is 0 Å². The third-order valence-electron chi connectivity index (χ3n) is 5.84. The molecule has 2 aliphatic carbocycles. The van der Waals surface area contributed by atoms with Crippen LogP contribution in [0.1, 0.15) is 30.4 Å². The summed E-state index contributed by atoms with van der Waals surface area (Å²) in [5, 5.41) is 0. The molecule has 1 aromatic rings. The molecule has 1 aromatic carbocycles. The number of nitrogens with zero attached hydrogens (tertiary/aromatic N) is 1. The Morgan fingerprint density at radius 1 is 1.09 bits per heavy atom. The first-order valence-corrected chi connectivity index (χ1v) is 9.17. The maximum absolute atomic E-state index is 2.68. The summed E-state index contributed by atoms with van der Waals surface area (Å²) in [4.78, 5) is 2.68. The molecular weight excluding hydrogens is 278 g/mol. The second kappa shape index (κ2) is 6.39. The average Bonchev–Trinajstić information content (AvgIpc) is 2.61. The van der Waals surface area contributed by atoms with Gasteiger partial charge in [-0.3, -0.25) is 0 Å². The number of hydrogen-bond acceptors (Lipinski definition) is 1. The molecule has 0 bridgehead atoms. The maximum atomic E-state index is 2.68. The van der Waals surface area contributed by atoms with Crippen LogP contribution in [0.15, 0.2) is 60.3 Å². The molecule has 1 fully saturated rings. The van der Waals surface area contributed by atoms with E-state index >= 15 is 0 Å². The van der Waals surface area contributed by atoms with Crippen molar-refractivity contribution in [1.29, 1.82) is 0 Å². The zero-order valence-corrected chi connectivity index (χ0v) is 14.1. The molecule has 3 aliphatic rings. The topological polar surface area (TPSA) is 3.24 Å². The van der Waals surface area contributed by atoms with E-state index in [1.807, 2.05) is 0 Å². The zero-order valence-electron chi connectivity index (χ0n) is 14.1. The summed E-state index contributed by atoms with van der Waals surface area (Å²) >= 11 is 0. The summed E-state index contributed by atoms with van der Waals surface area (Å²) in [5.74, 6) is 2.23. The molecule has 1 saturated heterocycles. The normalized spacial score (nSPS) is 29.0. The van der Waals surface area contributed by atoms with E-state index in [1.165, 1.54) is 43.5 Å². The number of rotatable bonds is 3. The number of likely N-dealkylation sites (tertiary alicyclic amines) is 1. The lowest BCUT2D eigenvalue weighted by Gasteiger charge is -2.45. The molecule has 0 amide bonds. The van der Waals surface area contributed by atoms with Gasteiger partial charge in [-0.1, -0.05) is 60.2 Å². The van der Waals surface area contributed by atoms with Crippen molar-refractivity contribution in [3.05, 3.63) is 71.5 Å². The molecule has 120 valence electrons. The summed E-state index contributed by atoms with van der Waals surface area (Å²) in [6, 6.07) is 9.05. The second-order valence-electron chi connectivity index (χ2n) is 7.35. The lowest BCUT2D eigenvalue weighted by molar-refractivity contribution is 0.180. The van der Waals surface area contributed by atoms with Crippen molar-refractivity contribution < 1.29 is 0 Å². The van der Waals surface area contributed by atoms with Gasteiger partial charge in [0.1, 0.15) is 0 Å². The minimum Gasteiger partial charge on any atom is -0.375 e. The average molecular weight is 305 g/mol. The van der Waals surface area contributed by atoms with Gasteiger partial charge in [0.05, 0.1) is 0 Å². The van der Waals surface area contributed by atoms with E-state index in [2.05, 4.69) is 66.5 Å². The zero-order chi connectivity index (χ0) is 15.6. The largest absolute Gasteiger partial charge is 0.375 e. The van der Waals surface area contributed by atoms with Gasteiger partial charge >= 0.3 is 0 Å². The van der Waals surface area contributed by atoms with E-state index < -0.39 is 0 Å². The van der Waals surface area contributed by atoms with Gasteiger partial charge in [-0.05, 0) is 50.0 Å². The van der Waals surface area contributed by atoms with Crippen LogP contribution >= 0.6 is 0 Å². The van der Waals surface area contributed by atoms with Crippen molar-refractivity contribution in [1.82, 2.24) is 4.90 Å². The molecule has 0 saturated carbocycles. The number of allylic oxidation sites excluding steroid dienone is 6. The van der Waals surface area contributed by atoms with Crippen molar-refractivity contribution in [3.8, 4) is 0 Å². The highest BCUT2D eigenvalue weighted by Gasteiger charge is 2.36. The number of hydrogen-bond donors (Lipinski definition) is 0. The molecular formula is C22H27N. The van der Waals surface area contributed by atoms with Crippen LogP contribution in [0, 0.1) is 24.7 Å². The molecule has 1 nitrogen and oxygen atoms in total. The number of fused-ring (bicyclic) bond motifs is 3. The second-order valence-corrected chi connectivity index (χ2v) is 7.35. The Balaban J connectivity index is 1.47. The Bertz CT molecular complexity index is 634. The Morgan fingerprint density at radius 3 is 2.78 bits per heavy atom. The smallest absolute Gasteiger partial charge is 0.0215 e. The minimum atomic E-state index is 0.738. The van der Waals surface area contributed by atoms with Gasteiger partial charge in [0.25, 0.3) is 0 Å². The summed E-state index contributed by atoms with van der Waals surface area (Å²) in [7, 11) is 0. The van der Waals surface area contributed by atoms with Gasteiger partial charge < -0.3 is 4.90 Å². The predicted octanol–water partition coefficient (Wildman–Crippen LogP) is 4.90. The molecule has 3 atom stereocenters. The minimum absolute atomic E-state index is 0.738. The summed E-state index contributed by atoms with van der Waals surface area (Å²) in [6.07, 6.45) is 17.0. The molecule has 4 rings (SSSR count). The van der Waals surface area contributed by atoms with Crippen molar-refractivity contribution in [2.24, 2.45) is 17.8 Å². The highest BCUT2D eigenvalue weighted by molar-refractivity contribution is 5.26. The van der Waals surface area contributed by atoms with Gasteiger partial charge in [-0.25, -0.2) is 0 Å². The van der Waals surface area contributed by atoms with Gasteiger partial charge in [0.15, 0.2) is 0 Å². The first-order chi connectivity index (χ1) is 11.3. The quantitative estimate of drug-likeness (QED) is 0.768. The highest BCUT2D eigenvalue weighted by atomic mass is 15.1. The molecule has 23 heavy (non-hydrogen) atoms. The first-order valence-electron chi connectivity index (χ1n) is 9.17. The fourth-order valence-corrected chi connectivity index (χ4v) is 4.54. The molecule has 0 radical (unpaired) electrons. The summed E-state index contributed by atoms with van der Waals surface area (Å²) < 4.78 is 0. The first kappa shape index (κ1) is 14.8. The van der Waals surface area contributed by atoms with Gasteiger partial charge in [0, 0.05) is 24.7 Å². The molecule has 0 unspecified atom stereocenters. The van der Waals surface area contributed by atoms with E-state index in [4.69, 9.17) is 0 Å². The Morgan fingerprint density at radius 2 is 1.91 bits per heavy atom. The van der Waals surface area contributed by atoms with Crippen LogP contribution in [-0.4, -0.2) is 18.0 Å². The van der Waals surface area contributed by atoms with E-state index in [1.54, 1.807) is 5.70 Å². The lowest BCUT2D eigenvalue weighted by atomic mass is 9.69. The van der Waals surface area contributed by atoms with Gasteiger partial charge in [-0.2, -0.15) is 0 Å². The fraction of sp³-hybridized carbons (Fsp3) is 0.455. The Hall–Kier alpha value is -1.76. The van der Waals surface area contributed by atoms with Crippen molar-refractivity contribution in [2.45, 2.75) is 32.6 Å². The van der Waals surface area contributed by atoms with Crippen LogP contribution in [0.5, 0.6) is 0 Å². The SMILES string of the molecule is Cc1ccc(CCN2CCC[C@@H]3C2=CC[C@@H]2C=CC=C[C@H]32)cc1. The number of piperidine rings is 1. The van der Waals surface area contributed by atoms with Crippen LogP contribution in [0.25, 0.3) is 0 Å². The third-order valence-corrected chi connectivity index (χ3v) is 5.84. The van der Waals surface area contributed by atoms with Crippen molar-refractivity contribution in [3.63, 3.8) is 0 Å². The van der Waals surface area contributed by atoms with Crippen LogP contribution < -0.4 is 0 Å². The van der Waals surface area contributed by atoms with E-state index in [-0.39, 0.29) is 0 Å². The lowest BCUT2D eigenvalue weighted by Crippen LogP contribution is -2.41. The fourth-order valence-electron chi connectivity index (χ4n) is 4.54. The molecule has 1 heterocycles. The number of aryl methyl sites for hydroxylation is 1. The van der Waals surface area contributed by atoms with E-state index in [9.17, 15) is 0 Å². The molecule has 1 aliphatic heterocycles. The third kappa shape index (κ3) is 3.02. The monoisotopic (exact) mass is 305 g/mol.